The number of ether oxygens (including phenoxy) is 1. The number of hydrogen-bond acceptors (Lipinski definition) is 6. The van der Waals surface area contributed by atoms with Gasteiger partial charge in [-0.15, -0.1) is 0 Å². The normalized spacial score (nSPS) is 10.2. The molecule has 0 radical (unpaired) electrons. The molecule has 3 rings (SSSR count). The third-order valence-corrected chi connectivity index (χ3v) is 4.16. The Hall–Kier alpha value is -4.14. The van der Waals surface area contributed by atoms with Gasteiger partial charge < -0.3 is 24.7 Å². The first-order valence-electron chi connectivity index (χ1n) is 8.90. The first kappa shape index (κ1) is 20.6. The van der Waals surface area contributed by atoms with Crippen molar-refractivity contribution < 1.29 is 23.5 Å². The van der Waals surface area contributed by atoms with Crippen LogP contribution in [0.3, 0.4) is 0 Å². The standard InChI is InChI=1S/C21H20N4O5/c1-25(2)21(28)13-4-6-14(7-5-13)23-19(26)20(27)24-15-8-9-16(17(10-15)29-3)18-11-22-12-30-18/h4-12H,1-3H3,(H,23,26)(H,24,27). The topological polar surface area (TPSA) is 114 Å². The third kappa shape index (κ3) is 4.64. The van der Waals surface area contributed by atoms with Gasteiger partial charge in [0.05, 0.1) is 18.9 Å². The number of aromatic nitrogens is 1. The van der Waals surface area contributed by atoms with Gasteiger partial charge >= 0.3 is 11.8 Å². The molecule has 0 saturated heterocycles. The second-order valence-electron chi connectivity index (χ2n) is 6.47. The maximum atomic E-state index is 12.2. The van der Waals surface area contributed by atoms with Gasteiger partial charge in [0.2, 0.25) is 0 Å². The van der Waals surface area contributed by atoms with Crippen molar-refractivity contribution in [1.82, 2.24) is 9.88 Å². The van der Waals surface area contributed by atoms with Crippen molar-refractivity contribution in [1.29, 1.82) is 0 Å². The summed E-state index contributed by atoms with van der Waals surface area (Å²) < 4.78 is 10.6. The molecule has 0 bridgehead atoms. The molecule has 154 valence electrons. The summed E-state index contributed by atoms with van der Waals surface area (Å²) in [6, 6.07) is 11.1. The lowest BCUT2D eigenvalue weighted by Crippen LogP contribution is -2.29. The fourth-order valence-electron chi connectivity index (χ4n) is 2.65. The van der Waals surface area contributed by atoms with Gasteiger partial charge in [0, 0.05) is 37.1 Å². The molecular formula is C21H20N4O5. The molecule has 0 atom stereocenters. The summed E-state index contributed by atoms with van der Waals surface area (Å²) >= 11 is 0. The predicted octanol–water partition coefficient (Wildman–Crippen LogP) is 2.63. The molecule has 30 heavy (non-hydrogen) atoms. The Morgan fingerprint density at radius 1 is 0.967 bits per heavy atom. The van der Waals surface area contributed by atoms with Crippen LogP contribution in [0.4, 0.5) is 11.4 Å². The summed E-state index contributed by atoms with van der Waals surface area (Å²) in [7, 11) is 4.78. The zero-order valence-corrected chi connectivity index (χ0v) is 16.6. The smallest absolute Gasteiger partial charge is 0.314 e. The number of benzene rings is 2. The second kappa shape index (κ2) is 8.91. The van der Waals surface area contributed by atoms with Crippen molar-refractivity contribution in [2.45, 2.75) is 0 Å². The van der Waals surface area contributed by atoms with Gasteiger partial charge in [-0.1, -0.05) is 0 Å². The number of amides is 3. The summed E-state index contributed by atoms with van der Waals surface area (Å²) in [5.41, 5.74) is 1.90. The van der Waals surface area contributed by atoms with E-state index in [1.165, 1.54) is 18.4 Å². The Labute approximate surface area is 172 Å². The van der Waals surface area contributed by atoms with E-state index < -0.39 is 11.8 Å². The van der Waals surface area contributed by atoms with E-state index in [4.69, 9.17) is 9.15 Å². The molecule has 3 aromatic rings. The average Bonchev–Trinajstić information content (AvgIpc) is 3.28. The Bertz CT molecular complexity index is 1060. The van der Waals surface area contributed by atoms with Crippen LogP contribution in [-0.4, -0.2) is 48.8 Å². The van der Waals surface area contributed by atoms with E-state index >= 15 is 0 Å². The molecule has 0 aliphatic rings. The molecule has 0 unspecified atom stereocenters. The minimum Gasteiger partial charge on any atom is -0.496 e. The number of carbonyl (C=O) groups excluding carboxylic acids is 3. The maximum Gasteiger partial charge on any atom is 0.314 e. The highest BCUT2D eigenvalue weighted by atomic mass is 16.5. The Balaban J connectivity index is 1.66. The molecule has 0 aliphatic heterocycles. The van der Waals surface area contributed by atoms with Crippen LogP contribution in [0.1, 0.15) is 10.4 Å². The quantitative estimate of drug-likeness (QED) is 0.628. The first-order valence-corrected chi connectivity index (χ1v) is 8.90. The lowest BCUT2D eigenvalue weighted by Gasteiger charge is -2.11. The Morgan fingerprint density at radius 2 is 1.60 bits per heavy atom. The van der Waals surface area contributed by atoms with E-state index in [0.29, 0.717) is 34.0 Å². The highest BCUT2D eigenvalue weighted by molar-refractivity contribution is 6.43. The minimum absolute atomic E-state index is 0.159. The molecule has 2 aromatic carbocycles. The largest absolute Gasteiger partial charge is 0.496 e. The Kier molecular flexibility index (Phi) is 6.11. The van der Waals surface area contributed by atoms with Crippen molar-refractivity contribution >= 4 is 29.1 Å². The minimum atomic E-state index is -0.849. The molecular weight excluding hydrogens is 388 g/mol. The molecule has 1 aromatic heterocycles. The molecule has 3 amide bonds. The van der Waals surface area contributed by atoms with Crippen molar-refractivity contribution in [3.63, 3.8) is 0 Å². The predicted molar refractivity (Wildman–Crippen MR) is 110 cm³/mol. The monoisotopic (exact) mass is 408 g/mol. The molecule has 2 N–H and O–H groups in total. The molecule has 1 heterocycles. The van der Waals surface area contributed by atoms with Gasteiger partial charge in [-0.2, -0.15) is 0 Å². The molecule has 9 heteroatoms. The van der Waals surface area contributed by atoms with Crippen LogP contribution in [-0.2, 0) is 9.59 Å². The summed E-state index contributed by atoms with van der Waals surface area (Å²) in [4.78, 5) is 41.6. The molecule has 0 saturated carbocycles. The SMILES string of the molecule is COc1cc(NC(=O)C(=O)Nc2ccc(C(=O)N(C)C)cc2)ccc1-c1cnco1. The number of methoxy groups -OCH3 is 1. The van der Waals surface area contributed by atoms with E-state index in [1.54, 1.807) is 62.8 Å². The molecule has 0 fully saturated rings. The first-order chi connectivity index (χ1) is 14.4. The Morgan fingerprint density at radius 3 is 2.17 bits per heavy atom. The summed E-state index contributed by atoms with van der Waals surface area (Å²) in [6.45, 7) is 0. The lowest BCUT2D eigenvalue weighted by atomic mass is 10.1. The second-order valence-corrected chi connectivity index (χ2v) is 6.47. The molecule has 0 aliphatic carbocycles. The van der Waals surface area contributed by atoms with Crippen LogP contribution in [0.15, 0.2) is 59.5 Å². The van der Waals surface area contributed by atoms with Crippen LogP contribution >= 0.6 is 0 Å². The maximum absolute atomic E-state index is 12.2. The molecule has 0 spiro atoms. The number of carbonyl (C=O) groups is 3. The summed E-state index contributed by atoms with van der Waals surface area (Å²) in [5.74, 6) is -0.893. The summed E-state index contributed by atoms with van der Waals surface area (Å²) in [6.07, 6.45) is 2.85. The van der Waals surface area contributed by atoms with Crippen LogP contribution in [0, 0.1) is 0 Å². The van der Waals surface area contributed by atoms with E-state index in [1.807, 2.05) is 0 Å². The van der Waals surface area contributed by atoms with Crippen molar-refractivity contribution in [3.8, 4) is 17.1 Å². The van der Waals surface area contributed by atoms with Crippen molar-refractivity contribution in [2.75, 3.05) is 31.8 Å². The third-order valence-electron chi connectivity index (χ3n) is 4.16. The fraction of sp³-hybridized carbons (Fsp3) is 0.143. The number of oxazole rings is 1. The highest BCUT2D eigenvalue weighted by Crippen LogP contribution is 2.32. The number of anilines is 2. The van der Waals surface area contributed by atoms with Crippen LogP contribution in [0.2, 0.25) is 0 Å². The van der Waals surface area contributed by atoms with Crippen LogP contribution in [0.5, 0.6) is 5.75 Å². The number of nitrogens with one attached hydrogen (secondary N) is 2. The number of rotatable bonds is 5. The van der Waals surface area contributed by atoms with Crippen LogP contribution in [0.25, 0.3) is 11.3 Å². The van der Waals surface area contributed by atoms with Gasteiger partial charge in [-0.25, -0.2) is 4.98 Å². The van der Waals surface area contributed by atoms with Gasteiger partial charge in [0.25, 0.3) is 5.91 Å². The van der Waals surface area contributed by atoms with E-state index in [-0.39, 0.29) is 5.91 Å². The van der Waals surface area contributed by atoms with E-state index in [2.05, 4.69) is 15.6 Å². The van der Waals surface area contributed by atoms with E-state index in [0.717, 1.165) is 0 Å². The fourth-order valence-corrected chi connectivity index (χ4v) is 2.65. The van der Waals surface area contributed by atoms with Crippen molar-refractivity contribution in [2.24, 2.45) is 0 Å². The highest BCUT2D eigenvalue weighted by Gasteiger charge is 2.17. The van der Waals surface area contributed by atoms with Gasteiger partial charge in [-0.3, -0.25) is 14.4 Å². The molecule has 9 nitrogen and oxygen atoms in total. The zero-order chi connectivity index (χ0) is 21.7. The van der Waals surface area contributed by atoms with Crippen LogP contribution < -0.4 is 15.4 Å². The van der Waals surface area contributed by atoms with Gasteiger partial charge in [0.15, 0.2) is 12.2 Å². The summed E-state index contributed by atoms with van der Waals surface area (Å²) in [5, 5.41) is 5.00. The van der Waals surface area contributed by atoms with Gasteiger partial charge in [-0.05, 0) is 36.4 Å². The van der Waals surface area contributed by atoms with Crippen molar-refractivity contribution in [3.05, 3.63) is 60.6 Å². The zero-order valence-electron chi connectivity index (χ0n) is 16.6. The average molecular weight is 408 g/mol. The van der Waals surface area contributed by atoms with Gasteiger partial charge in [0.1, 0.15) is 5.75 Å². The van der Waals surface area contributed by atoms with E-state index in [9.17, 15) is 14.4 Å². The number of nitrogens with zero attached hydrogens (tertiary/aromatic N) is 2. The lowest BCUT2D eigenvalue weighted by molar-refractivity contribution is -0.132. The number of hydrogen-bond donors (Lipinski definition) is 2.